The fraction of sp³-hybridized carbons (Fsp3) is 0.588. The minimum absolute atomic E-state index is 0.0164. The van der Waals surface area contributed by atoms with Crippen LogP contribution in [0.15, 0.2) is 24.3 Å². The molecular formula is C17H26N2O3. The van der Waals surface area contributed by atoms with Gasteiger partial charge in [-0.05, 0) is 39.3 Å². The number of ether oxygens (including phenoxy) is 2. The van der Waals surface area contributed by atoms with Gasteiger partial charge in [0.15, 0.2) is 0 Å². The van der Waals surface area contributed by atoms with Crippen molar-refractivity contribution >= 4 is 6.03 Å². The molecule has 5 heteroatoms. The quantitative estimate of drug-likeness (QED) is 0.851. The molecule has 0 aromatic heterocycles. The largest absolute Gasteiger partial charge is 0.494 e. The molecule has 1 heterocycles. The molecule has 0 radical (unpaired) electrons. The van der Waals surface area contributed by atoms with Gasteiger partial charge < -0.3 is 19.7 Å². The summed E-state index contributed by atoms with van der Waals surface area (Å²) >= 11 is 0. The summed E-state index contributed by atoms with van der Waals surface area (Å²) in [5.74, 6) is 0.868. The summed E-state index contributed by atoms with van der Waals surface area (Å²) in [5, 5.41) is 2.94. The summed E-state index contributed by atoms with van der Waals surface area (Å²) in [6, 6.07) is 7.96. The van der Waals surface area contributed by atoms with Crippen LogP contribution >= 0.6 is 0 Å². The molecule has 2 unspecified atom stereocenters. The van der Waals surface area contributed by atoms with Crippen LogP contribution < -0.4 is 10.1 Å². The van der Waals surface area contributed by atoms with E-state index in [-0.39, 0.29) is 18.2 Å². The third-order valence-electron chi connectivity index (χ3n) is 3.59. The van der Waals surface area contributed by atoms with Gasteiger partial charge in [0.2, 0.25) is 0 Å². The Morgan fingerprint density at radius 3 is 2.55 bits per heavy atom. The summed E-state index contributed by atoms with van der Waals surface area (Å²) in [6.07, 6.45) is 0.980. The minimum atomic E-state index is -0.0164. The maximum atomic E-state index is 12.1. The third-order valence-corrected chi connectivity index (χ3v) is 3.59. The lowest BCUT2D eigenvalue weighted by atomic mass is 10.2. The molecule has 22 heavy (non-hydrogen) atoms. The van der Waals surface area contributed by atoms with E-state index >= 15 is 0 Å². The highest BCUT2D eigenvalue weighted by Gasteiger charge is 2.25. The molecule has 0 aliphatic carbocycles. The standard InChI is InChI=1S/C17H26N2O3/c1-13-5-7-16(8-6-13)21-10-4-9-18-17(20)19-11-14(2)22-15(3)12-19/h5-8,14-15H,4,9-12H2,1-3H3,(H,18,20). The van der Waals surface area contributed by atoms with E-state index in [0.29, 0.717) is 26.2 Å². The van der Waals surface area contributed by atoms with Crippen LogP contribution in [0.25, 0.3) is 0 Å². The van der Waals surface area contributed by atoms with Crippen LogP contribution in [0, 0.1) is 6.92 Å². The first-order valence-corrected chi connectivity index (χ1v) is 7.92. The first-order valence-electron chi connectivity index (χ1n) is 7.92. The topological polar surface area (TPSA) is 50.8 Å². The third kappa shape index (κ3) is 5.22. The van der Waals surface area contributed by atoms with E-state index in [0.717, 1.165) is 12.2 Å². The molecule has 5 nitrogen and oxygen atoms in total. The lowest BCUT2D eigenvalue weighted by molar-refractivity contribution is -0.0545. The van der Waals surface area contributed by atoms with E-state index in [9.17, 15) is 4.79 Å². The summed E-state index contributed by atoms with van der Waals surface area (Å²) in [7, 11) is 0. The van der Waals surface area contributed by atoms with Crippen molar-refractivity contribution in [3.63, 3.8) is 0 Å². The van der Waals surface area contributed by atoms with Gasteiger partial charge in [-0.3, -0.25) is 0 Å². The predicted molar refractivity (Wildman–Crippen MR) is 86.3 cm³/mol. The Bertz CT molecular complexity index is 465. The number of rotatable bonds is 5. The summed E-state index contributed by atoms with van der Waals surface area (Å²) in [5.41, 5.74) is 1.22. The number of hydrogen-bond acceptors (Lipinski definition) is 3. The molecule has 1 saturated heterocycles. The van der Waals surface area contributed by atoms with Crippen molar-refractivity contribution in [2.75, 3.05) is 26.2 Å². The first kappa shape index (κ1) is 16.6. The lowest BCUT2D eigenvalue weighted by Crippen LogP contribution is -2.51. The predicted octanol–water partition coefficient (Wildman–Crippen LogP) is 2.58. The number of morpholine rings is 1. The molecule has 1 fully saturated rings. The van der Waals surface area contributed by atoms with Crippen molar-refractivity contribution in [1.29, 1.82) is 0 Å². The van der Waals surface area contributed by atoms with E-state index in [2.05, 4.69) is 5.32 Å². The van der Waals surface area contributed by atoms with Crippen molar-refractivity contribution in [2.45, 2.75) is 39.4 Å². The van der Waals surface area contributed by atoms with Gasteiger partial charge in [-0.1, -0.05) is 17.7 Å². The summed E-state index contributed by atoms with van der Waals surface area (Å²) in [6.45, 7) is 8.54. The highest BCUT2D eigenvalue weighted by Crippen LogP contribution is 2.12. The number of hydrogen-bond donors (Lipinski definition) is 1. The fourth-order valence-electron chi connectivity index (χ4n) is 2.55. The molecule has 0 bridgehead atoms. The number of benzene rings is 1. The lowest BCUT2D eigenvalue weighted by Gasteiger charge is -2.35. The highest BCUT2D eigenvalue weighted by atomic mass is 16.5. The number of nitrogens with one attached hydrogen (secondary N) is 1. The van der Waals surface area contributed by atoms with Crippen LogP contribution in [0.5, 0.6) is 5.75 Å². The smallest absolute Gasteiger partial charge is 0.317 e. The molecular weight excluding hydrogens is 280 g/mol. The van der Waals surface area contributed by atoms with Crippen molar-refractivity contribution in [1.82, 2.24) is 10.2 Å². The molecule has 1 N–H and O–H groups in total. The normalized spacial score (nSPS) is 21.5. The van der Waals surface area contributed by atoms with Crippen molar-refractivity contribution in [3.05, 3.63) is 29.8 Å². The molecule has 1 aromatic rings. The zero-order chi connectivity index (χ0) is 15.9. The number of aryl methyl sites for hydroxylation is 1. The van der Waals surface area contributed by atoms with Crippen LogP contribution in [-0.4, -0.2) is 49.4 Å². The van der Waals surface area contributed by atoms with Gasteiger partial charge in [0.05, 0.1) is 18.8 Å². The van der Waals surface area contributed by atoms with Gasteiger partial charge in [0.25, 0.3) is 0 Å². The van der Waals surface area contributed by atoms with Crippen LogP contribution in [0.3, 0.4) is 0 Å². The molecule has 1 aliphatic heterocycles. The van der Waals surface area contributed by atoms with Gasteiger partial charge in [-0.15, -0.1) is 0 Å². The van der Waals surface area contributed by atoms with E-state index in [1.165, 1.54) is 5.56 Å². The Hall–Kier alpha value is -1.75. The van der Waals surface area contributed by atoms with E-state index in [1.54, 1.807) is 0 Å². The minimum Gasteiger partial charge on any atom is -0.494 e. The van der Waals surface area contributed by atoms with Gasteiger partial charge in [-0.2, -0.15) is 0 Å². The number of carbonyl (C=O) groups excluding carboxylic acids is 1. The maximum absolute atomic E-state index is 12.1. The molecule has 0 spiro atoms. The van der Waals surface area contributed by atoms with E-state index < -0.39 is 0 Å². The fourth-order valence-corrected chi connectivity index (χ4v) is 2.55. The number of urea groups is 1. The van der Waals surface area contributed by atoms with Gasteiger partial charge in [0.1, 0.15) is 5.75 Å². The molecule has 2 atom stereocenters. The molecule has 122 valence electrons. The van der Waals surface area contributed by atoms with Gasteiger partial charge in [-0.25, -0.2) is 4.79 Å². The number of nitrogens with zero attached hydrogens (tertiary/aromatic N) is 1. The second-order valence-corrected chi connectivity index (χ2v) is 5.91. The maximum Gasteiger partial charge on any atom is 0.317 e. The Morgan fingerprint density at radius 2 is 1.91 bits per heavy atom. The number of amides is 2. The summed E-state index contributed by atoms with van der Waals surface area (Å²) in [4.78, 5) is 13.9. The Labute approximate surface area is 132 Å². The van der Waals surface area contributed by atoms with Crippen molar-refractivity contribution < 1.29 is 14.3 Å². The van der Waals surface area contributed by atoms with Crippen LogP contribution in [-0.2, 0) is 4.74 Å². The first-order chi connectivity index (χ1) is 10.5. The highest BCUT2D eigenvalue weighted by molar-refractivity contribution is 5.74. The van der Waals surface area contributed by atoms with Crippen LogP contribution in [0.1, 0.15) is 25.8 Å². The molecule has 1 aromatic carbocycles. The molecule has 2 rings (SSSR count). The Balaban J connectivity index is 1.62. The molecule has 1 aliphatic rings. The van der Waals surface area contributed by atoms with Crippen LogP contribution in [0.4, 0.5) is 4.79 Å². The van der Waals surface area contributed by atoms with Crippen LogP contribution in [0.2, 0.25) is 0 Å². The SMILES string of the molecule is Cc1ccc(OCCCNC(=O)N2CC(C)OC(C)C2)cc1. The second-order valence-electron chi connectivity index (χ2n) is 5.91. The zero-order valence-electron chi connectivity index (χ0n) is 13.7. The number of carbonyl (C=O) groups is 1. The average molecular weight is 306 g/mol. The second kappa shape index (κ2) is 8.03. The van der Waals surface area contributed by atoms with Crippen molar-refractivity contribution in [3.8, 4) is 5.75 Å². The average Bonchev–Trinajstić information content (AvgIpc) is 2.47. The van der Waals surface area contributed by atoms with E-state index in [1.807, 2.05) is 49.9 Å². The Morgan fingerprint density at radius 1 is 1.27 bits per heavy atom. The van der Waals surface area contributed by atoms with Gasteiger partial charge >= 0.3 is 6.03 Å². The molecule has 0 saturated carbocycles. The monoisotopic (exact) mass is 306 g/mol. The van der Waals surface area contributed by atoms with E-state index in [4.69, 9.17) is 9.47 Å². The Kier molecular flexibility index (Phi) is 6.07. The molecule has 2 amide bonds. The zero-order valence-corrected chi connectivity index (χ0v) is 13.7. The van der Waals surface area contributed by atoms with Crippen molar-refractivity contribution in [2.24, 2.45) is 0 Å². The van der Waals surface area contributed by atoms with Gasteiger partial charge in [0, 0.05) is 19.6 Å². The summed E-state index contributed by atoms with van der Waals surface area (Å²) < 4.78 is 11.3.